The summed E-state index contributed by atoms with van der Waals surface area (Å²) >= 11 is 0. The van der Waals surface area contributed by atoms with Gasteiger partial charge in [-0.15, -0.1) is 0 Å². The Morgan fingerprint density at radius 2 is 1.56 bits per heavy atom. The van der Waals surface area contributed by atoms with E-state index in [0.717, 1.165) is 10.8 Å². The number of ether oxygens (including phenoxy) is 2. The van der Waals surface area contributed by atoms with Crippen LogP contribution in [-0.4, -0.2) is 29.7 Å². The van der Waals surface area contributed by atoms with Gasteiger partial charge in [0.1, 0.15) is 11.5 Å². The first-order valence-electron chi connectivity index (χ1n) is 7.67. The second-order valence-corrected chi connectivity index (χ2v) is 7.49. The Balaban J connectivity index is 2.06. The predicted molar refractivity (Wildman–Crippen MR) is 99.1 cm³/mol. The van der Waals surface area contributed by atoms with Crippen molar-refractivity contribution >= 4 is 26.5 Å². The molecule has 0 unspecified atom stereocenters. The molecule has 0 aromatic heterocycles. The normalized spacial score (nSPS) is 11.3. The molecule has 0 aliphatic heterocycles. The number of nitrogens with zero attached hydrogens (tertiary/aromatic N) is 1. The first-order chi connectivity index (χ1) is 12.0. The van der Waals surface area contributed by atoms with Gasteiger partial charge in [-0.25, -0.2) is 8.42 Å². The summed E-state index contributed by atoms with van der Waals surface area (Å²) in [6.45, 7) is 0. The fraction of sp³-hybridized carbons (Fsp3) is 0.158. The maximum absolute atomic E-state index is 13.0. The van der Waals surface area contributed by atoms with E-state index >= 15 is 0 Å². The molecule has 25 heavy (non-hydrogen) atoms. The topological polar surface area (TPSA) is 55.8 Å². The zero-order valence-electron chi connectivity index (χ0n) is 14.3. The summed E-state index contributed by atoms with van der Waals surface area (Å²) in [5.74, 6) is 1.02. The van der Waals surface area contributed by atoms with Crippen LogP contribution in [-0.2, 0) is 10.0 Å². The van der Waals surface area contributed by atoms with Crippen molar-refractivity contribution in [1.29, 1.82) is 0 Å². The molecule has 3 aromatic rings. The van der Waals surface area contributed by atoms with Gasteiger partial charge in [0.25, 0.3) is 10.0 Å². The molecule has 0 N–H and O–H groups in total. The summed E-state index contributed by atoms with van der Waals surface area (Å²) in [6, 6.07) is 17.8. The number of fused-ring (bicyclic) bond motifs is 1. The second-order valence-electron chi connectivity index (χ2n) is 5.52. The van der Waals surface area contributed by atoms with Gasteiger partial charge in [-0.1, -0.05) is 30.3 Å². The van der Waals surface area contributed by atoms with E-state index in [4.69, 9.17) is 9.47 Å². The zero-order chi connectivity index (χ0) is 18.0. The van der Waals surface area contributed by atoms with Gasteiger partial charge in [0.2, 0.25) is 0 Å². The van der Waals surface area contributed by atoms with Crippen LogP contribution in [0.15, 0.2) is 65.6 Å². The lowest BCUT2D eigenvalue weighted by Crippen LogP contribution is -2.27. The number of benzene rings is 3. The molecule has 0 saturated heterocycles. The quantitative estimate of drug-likeness (QED) is 0.699. The predicted octanol–water partition coefficient (Wildman–Crippen LogP) is 3.68. The van der Waals surface area contributed by atoms with E-state index in [2.05, 4.69) is 0 Å². The van der Waals surface area contributed by atoms with E-state index in [1.165, 1.54) is 18.5 Å². The molecule has 0 heterocycles. The van der Waals surface area contributed by atoms with E-state index in [-0.39, 0.29) is 4.90 Å². The molecule has 0 aliphatic rings. The average molecular weight is 357 g/mol. The Labute approximate surface area is 147 Å². The van der Waals surface area contributed by atoms with E-state index in [1.807, 2.05) is 24.3 Å². The van der Waals surface area contributed by atoms with E-state index in [0.29, 0.717) is 17.2 Å². The van der Waals surface area contributed by atoms with Crippen molar-refractivity contribution in [2.75, 3.05) is 25.6 Å². The minimum absolute atomic E-state index is 0.228. The molecule has 0 fully saturated rings. The third kappa shape index (κ3) is 3.13. The van der Waals surface area contributed by atoms with Gasteiger partial charge in [-0.05, 0) is 35.0 Å². The summed E-state index contributed by atoms with van der Waals surface area (Å²) in [5.41, 5.74) is 0.441. The molecule has 0 bridgehead atoms. The van der Waals surface area contributed by atoms with Gasteiger partial charge in [0.15, 0.2) is 0 Å². The lowest BCUT2D eigenvalue weighted by atomic mass is 10.1. The number of hydrogen-bond donors (Lipinski definition) is 0. The maximum atomic E-state index is 13.0. The molecule has 0 saturated carbocycles. The van der Waals surface area contributed by atoms with Crippen LogP contribution in [0.5, 0.6) is 11.5 Å². The van der Waals surface area contributed by atoms with Crippen molar-refractivity contribution in [2.24, 2.45) is 0 Å². The number of rotatable bonds is 5. The van der Waals surface area contributed by atoms with Crippen molar-refractivity contribution in [2.45, 2.75) is 4.90 Å². The fourth-order valence-electron chi connectivity index (χ4n) is 2.66. The Morgan fingerprint density at radius 3 is 2.24 bits per heavy atom. The third-order valence-electron chi connectivity index (χ3n) is 4.11. The van der Waals surface area contributed by atoms with Crippen molar-refractivity contribution in [3.8, 4) is 11.5 Å². The minimum atomic E-state index is -3.72. The summed E-state index contributed by atoms with van der Waals surface area (Å²) in [7, 11) is 0.826. The SMILES string of the molecule is COc1ccc(N(C)S(=O)(=O)c2ccc3ccccc3c2)c(OC)c1. The molecule has 130 valence electrons. The van der Waals surface area contributed by atoms with Gasteiger partial charge >= 0.3 is 0 Å². The molecular weight excluding hydrogens is 338 g/mol. The van der Waals surface area contributed by atoms with Crippen molar-refractivity contribution in [3.63, 3.8) is 0 Å². The Hall–Kier alpha value is -2.73. The lowest BCUT2D eigenvalue weighted by Gasteiger charge is -2.22. The highest BCUT2D eigenvalue weighted by Crippen LogP contribution is 2.34. The first kappa shape index (κ1) is 17.1. The summed E-state index contributed by atoms with van der Waals surface area (Å²) in [6.07, 6.45) is 0. The Morgan fingerprint density at radius 1 is 0.840 bits per heavy atom. The van der Waals surface area contributed by atoms with E-state index in [9.17, 15) is 8.42 Å². The van der Waals surface area contributed by atoms with Gasteiger partial charge in [0.05, 0.1) is 24.8 Å². The van der Waals surface area contributed by atoms with Crippen LogP contribution >= 0.6 is 0 Å². The van der Waals surface area contributed by atoms with Crippen molar-refractivity contribution in [3.05, 3.63) is 60.7 Å². The minimum Gasteiger partial charge on any atom is -0.497 e. The molecule has 0 aliphatic carbocycles. The Kier molecular flexibility index (Phi) is 4.55. The molecule has 6 heteroatoms. The van der Waals surface area contributed by atoms with Crippen molar-refractivity contribution < 1.29 is 17.9 Å². The fourth-order valence-corrected chi connectivity index (χ4v) is 3.90. The third-order valence-corrected chi connectivity index (χ3v) is 5.87. The molecule has 0 amide bonds. The molecule has 0 atom stereocenters. The van der Waals surface area contributed by atoms with E-state index in [1.54, 1.807) is 43.5 Å². The van der Waals surface area contributed by atoms with Crippen LogP contribution in [0.3, 0.4) is 0 Å². The summed E-state index contributed by atoms with van der Waals surface area (Å²) < 4.78 is 37.8. The zero-order valence-corrected chi connectivity index (χ0v) is 15.1. The standard InChI is InChI=1S/C19H19NO4S/c1-20(18-11-9-16(23-2)13-19(18)24-3)25(21,22)17-10-8-14-6-4-5-7-15(14)12-17/h4-13H,1-3H3. The monoisotopic (exact) mass is 357 g/mol. The highest BCUT2D eigenvalue weighted by Gasteiger charge is 2.24. The number of methoxy groups -OCH3 is 2. The Bertz CT molecular complexity index is 1010. The van der Waals surface area contributed by atoms with Gasteiger partial charge < -0.3 is 9.47 Å². The maximum Gasteiger partial charge on any atom is 0.264 e. The van der Waals surface area contributed by atoms with Crippen LogP contribution in [0.4, 0.5) is 5.69 Å². The second kappa shape index (κ2) is 6.64. The number of hydrogen-bond acceptors (Lipinski definition) is 4. The lowest BCUT2D eigenvalue weighted by molar-refractivity contribution is 0.395. The molecule has 5 nitrogen and oxygen atoms in total. The highest BCUT2D eigenvalue weighted by atomic mass is 32.2. The van der Waals surface area contributed by atoms with Crippen LogP contribution < -0.4 is 13.8 Å². The molecular formula is C19H19NO4S. The van der Waals surface area contributed by atoms with Crippen molar-refractivity contribution in [1.82, 2.24) is 0 Å². The molecule has 3 rings (SSSR count). The molecule has 3 aromatic carbocycles. The average Bonchev–Trinajstić information content (AvgIpc) is 2.66. The number of anilines is 1. The van der Waals surface area contributed by atoms with Crippen LogP contribution in [0.2, 0.25) is 0 Å². The van der Waals surface area contributed by atoms with E-state index < -0.39 is 10.0 Å². The summed E-state index contributed by atoms with van der Waals surface area (Å²) in [4.78, 5) is 0.228. The van der Waals surface area contributed by atoms with Gasteiger partial charge in [-0.3, -0.25) is 4.31 Å². The highest BCUT2D eigenvalue weighted by molar-refractivity contribution is 7.92. The van der Waals surface area contributed by atoms with Crippen LogP contribution in [0, 0.1) is 0 Å². The van der Waals surface area contributed by atoms with Crippen LogP contribution in [0.25, 0.3) is 10.8 Å². The smallest absolute Gasteiger partial charge is 0.264 e. The van der Waals surface area contributed by atoms with Crippen LogP contribution in [0.1, 0.15) is 0 Å². The van der Waals surface area contributed by atoms with Gasteiger partial charge in [0, 0.05) is 13.1 Å². The number of sulfonamides is 1. The summed E-state index contributed by atoms with van der Waals surface area (Å²) in [5, 5.41) is 1.87. The molecule has 0 radical (unpaired) electrons. The molecule has 0 spiro atoms. The largest absolute Gasteiger partial charge is 0.497 e. The van der Waals surface area contributed by atoms with Gasteiger partial charge in [-0.2, -0.15) is 0 Å². The first-order valence-corrected chi connectivity index (χ1v) is 9.11.